The summed E-state index contributed by atoms with van der Waals surface area (Å²) in [5.74, 6) is -0.596. The molecule has 0 aromatic heterocycles. The van der Waals surface area contributed by atoms with Crippen LogP contribution in [0, 0.1) is 24.6 Å². The highest BCUT2D eigenvalue weighted by Crippen LogP contribution is 2.38. The van der Waals surface area contributed by atoms with Crippen molar-refractivity contribution >= 4 is 11.9 Å². The zero-order valence-electron chi connectivity index (χ0n) is 11.6. The summed E-state index contributed by atoms with van der Waals surface area (Å²) < 4.78 is 18.0. The van der Waals surface area contributed by atoms with Crippen molar-refractivity contribution in [1.82, 2.24) is 5.32 Å². The number of hydrogen-bond acceptors (Lipinski definition) is 3. The van der Waals surface area contributed by atoms with Gasteiger partial charge in [-0.3, -0.25) is 9.59 Å². The Hall–Kier alpha value is -1.91. The van der Waals surface area contributed by atoms with Gasteiger partial charge in [-0.1, -0.05) is 19.1 Å². The lowest BCUT2D eigenvalue weighted by Gasteiger charge is -2.07. The molecule has 2 atom stereocenters. The van der Waals surface area contributed by atoms with Gasteiger partial charge in [0.2, 0.25) is 0 Å². The fraction of sp³-hybridized carbons (Fsp3) is 0.467. The number of benzene rings is 1. The van der Waals surface area contributed by atoms with E-state index in [9.17, 15) is 14.0 Å². The van der Waals surface area contributed by atoms with Gasteiger partial charge in [0.05, 0.1) is 5.92 Å². The van der Waals surface area contributed by atoms with E-state index in [1.807, 2.05) is 6.92 Å². The number of nitrogens with one attached hydrogen (secondary N) is 1. The molecule has 0 unspecified atom stereocenters. The summed E-state index contributed by atoms with van der Waals surface area (Å²) in [4.78, 5) is 23.0. The summed E-state index contributed by atoms with van der Waals surface area (Å²) in [5, 5.41) is 2.63. The van der Waals surface area contributed by atoms with Crippen LogP contribution in [0.15, 0.2) is 18.2 Å². The number of amides is 1. The molecule has 5 heteroatoms. The quantitative estimate of drug-likeness (QED) is 0.838. The number of hydrogen-bond donors (Lipinski definition) is 1. The molecule has 1 N–H and O–H groups in total. The van der Waals surface area contributed by atoms with Gasteiger partial charge in [0.25, 0.3) is 5.91 Å². The Kier molecular flexibility index (Phi) is 4.37. The molecule has 0 bridgehead atoms. The summed E-state index contributed by atoms with van der Waals surface area (Å²) >= 11 is 0. The van der Waals surface area contributed by atoms with Crippen LogP contribution in [0.25, 0.3) is 0 Å². The first kappa shape index (κ1) is 14.5. The average molecular weight is 279 g/mol. The van der Waals surface area contributed by atoms with Gasteiger partial charge in [-0.15, -0.1) is 0 Å². The van der Waals surface area contributed by atoms with E-state index in [0.717, 1.165) is 12.0 Å². The number of carbonyl (C=O) groups excluding carboxylic acids is 2. The normalized spacial score (nSPS) is 20.4. The van der Waals surface area contributed by atoms with E-state index < -0.39 is 0 Å². The molecule has 108 valence electrons. The zero-order valence-corrected chi connectivity index (χ0v) is 11.6. The molecule has 0 heterocycles. The molecule has 1 aromatic rings. The lowest BCUT2D eigenvalue weighted by Crippen LogP contribution is -2.28. The van der Waals surface area contributed by atoms with Gasteiger partial charge in [0.1, 0.15) is 5.82 Å². The number of esters is 1. The van der Waals surface area contributed by atoms with Crippen LogP contribution in [0.5, 0.6) is 0 Å². The number of aryl methyl sites for hydroxylation is 1. The molecule has 0 spiro atoms. The SMILES string of the molecule is Cc1cc(CNC(=O)COC(=O)[C@H]2C[C@H]2C)ccc1F. The van der Waals surface area contributed by atoms with Gasteiger partial charge >= 0.3 is 5.97 Å². The Morgan fingerprint density at radius 2 is 2.15 bits per heavy atom. The van der Waals surface area contributed by atoms with Gasteiger partial charge in [-0.05, 0) is 36.5 Å². The smallest absolute Gasteiger partial charge is 0.309 e. The Morgan fingerprint density at radius 3 is 2.75 bits per heavy atom. The van der Waals surface area contributed by atoms with Crippen molar-refractivity contribution in [2.75, 3.05) is 6.61 Å². The molecule has 0 saturated heterocycles. The van der Waals surface area contributed by atoms with Crippen molar-refractivity contribution < 1.29 is 18.7 Å². The van der Waals surface area contributed by atoms with Crippen molar-refractivity contribution in [3.63, 3.8) is 0 Å². The molecule has 1 saturated carbocycles. The number of carbonyl (C=O) groups is 2. The molecule has 0 radical (unpaired) electrons. The van der Waals surface area contributed by atoms with Crippen molar-refractivity contribution in [2.24, 2.45) is 11.8 Å². The summed E-state index contributed by atoms with van der Waals surface area (Å²) in [5.41, 5.74) is 1.34. The zero-order chi connectivity index (χ0) is 14.7. The molecule has 1 aliphatic carbocycles. The second-order valence-electron chi connectivity index (χ2n) is 5.29. The lowest BCUT2D eigenvalue weighted by molar-refractivity contribution is -0.150. The van der Waals surface area contributed by atoms with Crippen LogP contribution in [-0.4, -0.2) is 18.5 Å². The highest BCUT2D eigenvalue weighted by atomic mass is 19.1. The van der Waals surface area contributed by atoms with Crippen molar-refractivity contribution in [3.05, 3.63) is 35.1 Å². The first-order valence-corrected chi connectivity index (χ1v) is 6.65. The number of halogens is 1. The van der Waals surface area contributed by atoms with E-state index in [0.29, 0.717) is 11.5 Å². The standard InChI is InChI=1S/C15H18FNO3/c1-9-6-12(9)15(19)20-8-14(18)17-7-11-3-4-13(16)10(2)5-11/h3-5,9,12H,6-8H2,1-2H3,(H,17,18)/t9-,12+/m1/s1. The maximum absolute atomic E-state index is 13.1. The second-order valence-corrected chi connectivity index (χ2v) is 5.29. The minimum atomic E-state index is -0.353. The lowest BCUT2D eigenvalue weighted by atomic mass is 10.1. The van der Waals surface area contributed by atoms with Crippen LogP contribution < -0.4 is 5.32 Å². The average Bonchev–Trinajstić information content (AvgIpc) is 3.14. The van der Waals surface area contributed by atoms with Gasteiger partial charge in [0, 0.05) is 6.54 Å². The third kappa shape index (κ3) is 3.79. The number of ether oxygens (including phenoxy) is 1. The van der Waals surface area contributed by atoms with E-state index >= 15 is 0 Å². The predicted molar refractivity (Wildman–Crippen MR) is 71.2 cm³/mol. The fourth-order valence-electron chi connectivity index (χ4n) is 1.96. The molecule has 1 amide bonds. The molecular weight excluding hydrogens is 261 g/mol. The third-order valence-corrected chi connectivity index (χ3v) is 3.47. The summed E-state index contributed by atoms with van der Waals surface area (Å²) in [6.07, 6.45) is 0.843. The van der Waals surface area contributed by atoms with Crippen molar-refractivity contribution in [3.8, 4) is 0 Å². The Labute approximate surface area is 117 Å². The van der Waals surface area contributed by atoms with Crippen LogP contribution in [-0.2, 0) is 20.9 Å². The monoisotopic (exact) mass is 279 g/mol. The van der Waals surface area contributed by atoms with Gasteiger partial charge in [-0.2, -0.15) is 0 Å². The van der Waals surface area contributed by atoms with Crippen LogP contribution in [0.4, 0.5) is 4.39 Å². The Bertz CT molecular complexity index is 530. The molecule has 1 aromatic carbocycles. The maximum atomic E-state index is 13.1. The molecule has 1 aliphatic rings. The van der Waals surface area contributed by atoms with Gasteiger partial charge in [-0.25, -0.2) is 4.39 Å². The highest BCUT2D eigenvalue weighted by Gasteiger charge is 2.40. The van der Waals surface area contributed by atoms with Gasteiger partial charge in [0.15, 0.2) is 6.61 Å². The van der Waals surface area contributed by atoms with Gasteiger partial charge < -0.3 is 10.1 Å². The van der Waals surface area contributed by atoms with Crippen molar-refractivity contribution in [2.45, 2.75) is 26.8 Å². The van der Waals surface area contributed by atoms with E-state index in [-0.39, 0.29) is 36.8 Å². The van der Waals surface area contributed by atoms with Crippen LogP contribution >= 0.6 is 0 Å². The largest absolute Gasteiger partial charge is 0.455 e. The minimum absolute atomic E-state index is 0.0393. The van der Waals surface area contributed by atoms with Crippen LogP contribution in [0.2, 0.25) is 0 Å². The maximum Gasteiger partial charge on any atom is 0.309 e. The summed E-state index contributed by atoms with van der Waals surface area (Å²) in [6.45, 7) is 3.67. The molecular formula is C15H18FNO3. The molecule has 2 rings (SSSR count). The van der Waals surface area contributed by atoms with E-state index in [2.05, 4.69) is 5.32 Å². The molecule has 4 nitrogen and oxygen atoms in total. The van der Waals surface area contributed by atoms with E-state index in [4.69, 9.17) is 4.74 Å². The third-order valence-electron chi connectivity index (χ3n) is 3.47. The molecule has 1 fully saturated rings. The van der Waals surface area contributed by atoms with E-state index in [1.54, 1.807) is 19.1 Å². The predicted octanol–water partition coefficient (Wildman–Crippen LogP) is 1.95. The molecule has 0 aliphatic heterocycles. The Morgan fingerprint density at radius 1 is 1.45 bits per heavy atom. The summed E-state index contributed by atoms with van der Waals surface area (Å²) in [6, 6.07) is 4.65. The number of rotatable bonds is 5. The molecule has 20 heavy (non-hydrogen) atoms. The topological polar surface area (TPSA) is 55.4 Å². The van der Waals surface area contributed by atoms with Crippen LogP contribution in [0.3, 0.4) is 0 Å². The first-order chi connectivity index (χ1) is 9.47. The fourth-order valence-corrected chi connectivity index (χ4v) is 1.96. The summed E-state index contributed by atoms with van der Waals surface area (Å²) in [7, 11) is 0. The first-order valence-electron chi connectivity index (χ1n) is 6.65. The highest BCUT2D eigenvalue weighted by molar-refractivity contribution is 5.82. The minimum Gasteiger partial charge on any atom is -0.455 e. The second kappa shape index (κ2) is 6.03. The Balaban J connectivity index is 1.72. The van der Waals surface area contributed by atoms with Crippen LogP contribution in [0.1, 0.15) is 24.5 Å². The van der Waals surface area contributed by atoms with E-state index in [1.165, 1.54) is 6.07 Å². The van der Waals surface area contributed by atoms with Crippen molar-refractivity contribution in [1.29, 1.82) is 0 Å².